The molecule has 176 valence electrons. The molecule has 0 aliphatic carbocycles. The summed E-state index contributed by atoms with van der Waals surface area (Å²) >= 11 is 1.38. The molecule has 2 aromatic rings. The number of thiophene rings is 1. The molecule has 0 spiro atoms. The normalized spacial score (nSPS) is 16.3. The highest BCUT2D eigenvalue weighted by atomic mass is 32.1. The molecule has 2 saturated heterocycles. The van der Waals surface area contributed by atoms with Gasteiger partial charge in [0, 0.05) is 56.7 Å². The lowest BCUT2D eigenvalue weighted by Crippen LogP contribution is -2.53. The van der Waals surface area contributed by atoms with E-state index in [9.17, 15) is 14.4 Å². The van der Waals surface area contributed by atoms with Crippen molar-refractivity contribution in [2.75, 3.05) is 49.5 Å². The van der Waals surface area contributed by atoms with Gasteiger partial charge in [-0.3, -0.25) is 9.59 Å². The molecule has 0 unspecified atom stereocenters. The second-order valence-corrected chi connectivity index (χ2v) is 9.69. The Morgan fingerprint density at radius 3 is 2.30 bits per heavy atom. The quantitative estimate of drug-likeness (QED) is 0.702. The van der Waals surface area contributed by atoms with Crippen LogP contribution in [-0.4, -0.2) is 73.0 Å². The Balaban J connectivity index is 1.53. The first-order chi connectivity index (χ1) is 15.9. The van der Waals surface area contributed by atoms with Gasteiger partial charge in [0.2, 0.25) is 0 Å². The van der Waals surface area contributed by atoms with E-state index in [1.54, 1.807) is 12.1 Å². The van der Waals surface area contributed by atoms with Crippen LogP contribution in [0.1, 0.15) is 46.7 Å². The molecule has 0 radical (unpaired) electrons. The van der Waals surface area contributed by atoms with Crippen molar-refractivity contribution in [3.63, 3.8) is 0 Å². The van der Waals surface area contributed by atoms with E-state index in [-0.39, 0.29) is 23.9 Å². The van der Waals surface area contributed by atoms with Gasteiger partial charge in [0.25, 0.3) is 11.8 Å². The van der Waals surface area contributed by atoms with Crippen molar-refractivity contribution in [2.24, 2.45) is 0 Å². The molecule has 0 bridgehead atoms. The average molecular weight is 470 g/mol. The predicted molar refractivity (Wildman–Crippen MR) is 131 cm³/mol. The second kappa shape index (κ2) is 10.2. The van der Waals surface area contributed by atoms with E-state index in [4.69, 9.17) is 0 Å². The molecule has 2 N–H and O–H groups in total. The number of carbonyl (C=O) groups excluding carboxylic acids is 3. The van der Waals surface area contributed by atoms with Crippen LogP contribution in [0.4, 0.5) is 16.2 Å². The van der Waals surface area contributed by atoms with Crippen molar-refractivity contribution in [2.45, 2.75) is 32.7 Å². The molecule has 2 aliphatic rings. The van der Waals surface area contributed by atoms with E-state index in [0.717, 1.165) is 31.6 Å². The lowest BCUT2D eigenvalue weighted by atomic mass is 10.1. The number of rotatable bonds is 5. The van der Waals surface area contributed by atoms with Gasteiger partial charge in [0.05, 0.1) is 10.4 Å². The highest BCUT2D eigenvalue weighted by Crippen LogP contribution is 2.28. The number of piperazine rings is 1. The van der Waals surface area contributed by atoms with Gasteiger partial charge in [-0.1, -0.05) is 6.07 Å². The Kier molecular flexibility index (Phi) is 7.17. The summed E-state index contributed by atoms with van der Waals surface area (Å²) in [6.07, 6.45) is 2.03. The molecule has 1 aromatic heterocycles. The number of urea groups is 1. The van der Waals surface area contributed by atoms with Gasteiger partial charge < -0.3 is 25.3 Å². The topological polar surface area (TPSA) is 85.0 Å². The summed E-state index contributed by atoms with van der Waals surface area (Å²) in [6.45, 7) is 7.88. The largest absolute Gasteiger partial charge is 0.367 e. The van der Waals surface area contributed by atoms with E-state index in [0.29, 0.717) is 42.3 Å². The summed E-state index contributed by atoms with van der Waals surface area (Å²) in [7, 11) is 0. The van der Waals surface area contributed by atoms with Crippen LogP contribution in [0.25, 0.3) is 0 Å². The standard InChI is InChI=1S/C24H31N5O3S/c1-17(2)25-24(32)29-13-11-27(12-14-29)20-8-7-18(26-22(30)21-6-5-15-33-21)16-19(20)23(31)28-9-3-4-10-28/h5-8,15-17H,3-4,9-14H2,1-2H3,(H,25,32)(H,26,30). The van der Waals surface area contributed by atoms with Crippen molar-refractivity contribution < 1.29 is 14.4 Å². The Hall–Kier alpha value is -3.07. The second-order valence-electron chi connectivity index (χ2n) is 8.74. The SMILES string of the molecule is CC(C)NC(=O)N1CCN(c2ccc(NC(=O)c3cccs3)cc2C(=O)N2CCCC2)CC1. The monoisotopic (exact) mass is 469 g/mol. The number of anilines is 2. The van der Waals surface area contributed by atoms with Crippen molar-refractivity contribution in [3.05, 3.63) is 46.2 Å². The summed E-state index contributed by atoms with van der Waals surface area (Å²) < 4.78 is 0. The molecule has 9 heteroatoms. The molecule has 33 heavy (non-hydrogen) atoms. The summed E-state index contributed by atoms with van der Waals surface area (Å²) in [4.78, 5) is 44.7. The van der Waals surface area contributed by atoms with E-state index >= 15 is 0 Å². The fourth-order valence-electron chi connectivity index (χ4n) is 4.24. The minimum atomic E-state index is -0.179. The Morgan fingerprint density at radius 2 is 1.67 bits per heavy atom. The van der Waals surface area contributed by atoms with Crippen LogP contribution in [0.3, 0.4) is 0 Å². The maximum Gasteiger partial charge on any atom is 0.317 e. The molecular formula is C24H31N5O3S. The number of hydrogen-bond acceptors (Lipinski definition) is 5. The van der Waals surface area contributed by atoms with Crippen molar-refractivity contribution in [3.8, 4) is 0 Å². The van der Waals surface area contributed by atoms with E-state index in [1.165, 1.54) is 11.3 Å². The molecular weight excluding hydrogens is 438 g/mol. The first kappa shape index (κ1) is 23.1. The van der Waals surface area contributed by atoms with Crippen LogP contribution < -0.4 is 15.5 Å². The number of likely N-dealkylation sites (tertiary alicyclic amines) is 1. The summed E-state index contributed by atoms with van der Waals surface area (Å²) in [6, 6.07) is 9.21. The molecule has 2 aliphatic heterocycles. The molecule has 1 aromatic carbocycles. The van der Waals surface area contributed by atoms with E-state index in [1.807, 2.05) is 47.2 Å². The minimum absolute atomic E-state index is 0.00490. The van der Waals surface area contributed by atoms with E-state index in [2.05, 4.69) is 15.5 Å². The first-order valence-electron chi connectivity index (χ1n) is 11.5. The lowest BCUT2D eigenvalue weighted by molar-refractivity contribution is 0.0792. The Bertz CT molecular complexity index is 994. The van der Waals surface area contributed by atoms with Crippen LogP contribution in [-0.2, 0) is 0 Å². The third kappa shape index (κ3) is 5.47. The third-order valence-corrected chi connectivity index (χ3v) is 6.81. The lowest BCUT2D eigenvalue weighted by Gasteiger charge is -2.37. The smallest absolute Gasteiger partial charge is 0.317 e. The van der Waals surface area contributed by atoms with Gasteiger partial charge in [0.1, 0.15) is 0 Å². The maximum absolute atomic E-state index is 13.4. The summed E-state index contributed by atoms with van der Waals surface area (Å²) in [5.41, 5.74) is 2.06. The third-order valence-electron chi connectivity index (χ3n) is 5.94. The van der Waals surface area contributed by atoms with Crippen molar-refractivity contribution in [1.29, 1.82) is 0 Å². The molecule has 0 saturated carbocycles. The van der Waals surface area contributed by atoms with Crippen LogP contribution in [0.15, 0.2) is 35.7 Å². The zero-order valence-electron chi connectivity index (χ0n) is 19.2. The summed E-state index contributed by atoms with van der Waals surface area (Å²) in [5, 5.41) is 7.72. The average Bonchev–Trinajstić information content (AvgIpc) is 3.53. The molecule has 4 amide bonds. The molecule has 8 nitrogen and oxygen atoms in total. The number of amides is 4. The van der Waals surface area contributed by atoms with Gasteiger partial charge in [-0.25, -0.2) is 4.79 Å². The first-order valence-corrected chi connectivity index (χ1v) is 12.4. The highest BCUT2D eigenvalue weighted by molar-refractivity contribution is 7.12. The fourth-order valence-corrected chi connectivity index (χ4v) is 4.86. The van der Waals surface area contributed by atoms with Gasteiger partial charge in [-0.05, 0) is 56.3 Å². The number of nitrogens with zero attached hydrogens (tertiary/aromatic N) is 3. The van der Waals surface area contributed by atoms with Gasteiger partial charge in [0.15, 0.2) is 0 Å². The summed E-state index contributed by atoms with van der Waals surface area (Å²) in [5.74, 6) is -0.184. The zero-order chi connectivity index (χ0) is 23.4. The maximum atomic E-state index is 13.4. The molecule has 3 heterocycles. The number of nitrogens with one attached hydrogen (secondary N) is 2. The minimum Gasteiger partial charge on any atom is -0.367 e. The van der Waals surface area contributed by atoms with Crippen molar-refractivity contribution >= 4 is 40.6 Å². The predicted octanol–water partition coefficient (Wildman–Crippen LogP) is 3.48. The van der Waals surface area contributed by atoms with Crippen LogP contribution >= 0.6 is 11.3 Å². The Labute approximate surface area is 198 Å². The van der Waals surface area contributed by atoms with Gasteiger partial charge in [-0.15, -0.1) is 11.3 Å². The molecule has 4 rings (SSSR count). The van der Waals surface area contributed by atoms with Crippen LogP contribution in [0, 0.1) is 0 Å². The Morgan fingerprint density at radius 1 is 0.939 bits per heavy atom. The van der Waals surface area contributed by atoms with Gasteiger partial charge >= 0.3 is 6.03 Å². The zero-order valence-corrected chi connectivity index (χ0v) is 20.0. The highest BCUT2D eigenvalue weighted by Gasteiger charge is 2.27. The fraction of sp³-hybridized carbons (Fsp3) is 0.458. The number of benzene rings is 1. The van der Waals surface area contributed by atoms with Gasteiger partial charge in [-0.2, -0.15) is 0 Å². The number of hydrogen-bond donors (Lipinski definition) is 2. The number of carbonyl (C=O) groups is 3. The van der Waals surface area contributed by atoms with E-state index < -0.39 is 0 Å². The van der Waals surface area contributed by atoms with Crippen LogP contribution in [0.2, 0.25) is 0 Å². The van der Waals surface area contributed by atoms with Crippen molar-refractivity contribution in [1.82, 2.24) is 15.1 Å². The van der Waals surface area contributed by atoms with Crippen LogP contribution in [0.5, 0.6) is 0 Å². The molecule has 2 fully saturated rings. The molecule has 0 atom stereocenters.